The Bertz CT molecular complexity index is 610. The molecular weight excluding hydrogens is 302 g/mol. The van der Waals surface area contributed by atoms with E-state index in [-0.39, 0.29) is 10.9 Å². The van der Waals surface area contributed by atoms with Crippen molar-refractivity contribution in [1.82, 2.24) is 4.31 Å². The number of esters is 1. The van der Waals surface area contributed by atoms with Crippen molar-refractivity contribution in [2.45, 2.75) is 50.5 Å². The summed E-state index contributed by atoms with van der Waals surface area (Å²) in [5.41, 5.74) is 0.367. The average molecular weight is 325 g/mol. The maximum atomic E-state index is 12.8. The van der Waals surface area contributed by atoms with Gasteiger partial charge in [-0.15, -0.1) is 0 Å². The van der Waals surface area contributed by atoms with E-state index in [1.807, 2.05) is 6.92 Å². The van der Waals surface area contributed by atoms with Gasteiger partial charge in [-0.3, -0.25) is 0 Å². The maximum absolute atomic E-state index is 12.8. The highest BCUT2D eigenvalue weighted by atomic mass is 32.2. The molecule has 1 fully saturated rings. The molecule has 122 valence electrons. The Balaban J connectivity index is 2.24. The molecule has 0 radical (unpaired) electrons. The van der Waals surface area contributed by atoms with Crippen LogP contribution in [0.1, 0.15) is 49.9 Å². The zero-order valence-electron chi connectivity index (χ0n) is 13.1. The molecule has 1 saturated heterocycles. The van der Waals surface area contributed by atoms with Crippen LogP contribution in [0.3, 0.4) is 0 Å². The molecule has 2 rings (SSSR count). The summed E-state index contributed by atoms with van der Waals surface area (Å²) in [6, 6.07) is 6.07. The molecule has 0 aliphatic carbocycles. The molecule has 1 aliphatic rings. The molecule has 0 aromatic heterocycles. The number of nitrogens with zero attached hydrogens (tertiary/aromatic N) is 1. The topological polar surface area (TPSA) is 63.7 Å². The van der Waals surface area contributed by atoms with Crippen molar-refractivity contribution >= 4 is 16.0 Å². The molecule has 5 nitrogen and oxygen atoms in total. The summed E-state index contributed by atoms with van der Waals surface area (Å²) in [7, 11) is -3.50. The SMILES string of the molecule is CCOC(=O)c1ccc(S(=O)(=O)N2CCCCC2CC)cc1. The minimum atomic E-state index is -3.50. The quantitative estimate of drug-likeness (QED) is 0.781. The maximum Gasteiger partial charge on any atom is 0.338 e. The Morgan fingerprint density at radius 2 is 1.91 bits per heavy atom. The first-order valence-electron chi connectivity index (χ1n) is 7.79. The number of piperidine rings is 1. The van der Waals surface area contributed by atoms with Crippen LogP contribution in [0.2, 0.25) is 0 Å². The van der Waals surface area contributed by atoms with E-state index in [1.165, 1.54) is 24.3 Å². The van der Waals surface area contributed by atoms with Crippen molar-refractivity contribution in [3.05, 3.63) is 29.8 Å². The molecule has 1 atom stereocenters. The predicted octanol–water partition coefficient (Wildman–Crippen LogP) is 2.82. The second kappa shape index (κ2) is 7.24. The number of carbonyl (C=O) groups excluding carboxylic acids is 1. The van der Waals surface area contributed by atoms with Gasteiger partial charge in [0, 0.05) is 12.6 Å². The van der Waals surface area contributed by atoms with Gasteiger partial charge in [0.1, 0.15) is 0 Å². The Morgan fingerprint density at radius 1 is 1.23 bits per heavy atom. The van der Waals surface area contributed by atoms with Gasteiger partial charge < -0.3 is 4.74 Å². The van der Waals surface area contributed by atoms with E-state index in [2.05, 4.69) is 0 Å². The van der Waals surface area contributed by atoms with E-state index in [0.29, 0.717) is 18.7 Å². The van der Waals surface area contributed by atoms with Gasteiger partial charge in [0.25, 0.3) is 0 Å². The molecule has 0 saturated carbocycles. The molecule has 0 bridgehead atoms. The molecule has 6 heteroatoms. The highest BCUT2D eigenvalue weighted by molar-refractivity contribution is 7.89. The van der Waals surface area contributed by atoms with Crippen LogP contribution >= 0.6 is 0 Å². The highest BCUT2D eigenvalue weighted by Gasteiger charge is 2.32. The van der Waals surface area contributed by atoms with Crippen LogP contribution in [0.4, 0.5) is 0 Å². The van der Waals surface area contributed by atoms with Gasteiger partial charge >= 0.3 is 5.97 Å². The summed E-state index contributed by atoms with van der Waals surface area (Å²) in [4.78, 5) is 11.9. The van der Waals surface area contributed by atoms with Gasteiger partial charge in [0.05, 0.1) is 17.1 Å². The summed E-state index contributed by atoms with van der Waals surface area (Å²) in [6.45, 7) is 4.62. The number of benzene rings is 1. The van der Waals surface area contributed by atoms with E-state index in [1.54, 1.807) is 11.2 Å². The van der Waals surface area contributed by atoms with Crippen LogP contribution in [0.25, 0.3) is 0 Å². The van der Waals surface area contributed by atoms with Crippen molar-refractivity contribution in [2.24, 2.45) is 0 Å². The molecule has 0 N–H and O–H groups in total. The van der Waals surface area contributed by atoms with E-state index in [0.717, 1.165) is 25.7 Å². The highest BCUT2D eigenvalue weighted by Crippen LogP contribution is 2.27. The number of hydrogen-bond donors (Lipinski definition) is 0. The zero-order chi connectivity index (χ0) is 16.2. The monoisotopic (exact) mass is 325 g/mol. The smallest absolute Gasteiger partial charge is 0.338 e. The third kappa shape index (κ3) is 3.50. The Kier molecular flexibility index (Phi) is 5.58. The van der Waals surface area contributed by atoms with Gasteiger partial charge in [0.2, 0.25) is 10.0 Å². The molecule has 1 aromatic rings. The summed E-state index contributed by atoms with van der Waals surface area (Å²) < 4.78 is 32.1. The van der Waals surface area contributed by atoms with Crippen LogP contribution in [-0.4, -0.2) is 37.9 Å². The fourth-order valence-electron chi connectivity index (χ4n) is 2.81. The minimum absolute atomic E-state index is 0.0727. The molecule has 1 aliphatic heterocycles. The lowest BCUT2D eigenvalue weighted by Gasteiger charge is -2.34. The van der Waals surface area contributed by atoms with Crippen LogP contribution < -0.4 is 0 Å². The van der Waals surface area contributed by atoms with Crippen molar-refractivity contribution in [1.29, 1.82) is 0 Å². The lowest BCUT2D eigenvalue weighted by Crippen LogP contribution is -2.43. The third-order valence-electron chi connectivity index (χ3n) is 4.02. The molecule has 22 heavy (non-hydrogen) atoms. The number of sulfonamides is 1. The number of hydrogen-bond acceptors (Lipinski definition) is 4. The zero-order valence-corrected chi connectivity index (χ0v) is 13.9. The molecule has 1 aromatic carbocycles. The molecule has 1 unspecified atom stereocenters. The minimum Gasteiger partial charge on any atom is -0.462 e. The summed E-state index contributed by atoms with van der Waals surface area (Å²) >= 11 is 0. The average Bonchev–Trinajstić information content (AvgIpc) is 2.55. The first-order chi connectivity index (χ1) is 10.5. The summed E-state index contributed by atoms with van der Waals surface area (Å²) in [5, 5.41) is 0. The van der Waals surface area contributed by atoms with Gasteiger partial charge in [-0.25, -0.2) is 13.2 Å². The second-order valence-electron chi connectivity index (χ2n) is 5.42. The second-order valence-corrected chi connectivity index (χ2v) is 7.31. The van der Waals surface area contributed by atoms with E-state index in [9.17, 15) is 13.2 Å². The van der Waals surface area contributed by atoms with E-state index < -0.39 is 16.0 Å². The molecule has 0 amide bonds. The lowest BCUT2D eigenvalue weighted by atomic mass is 10.0. The third-order valence-corrected chi connectivity index (χ3v) is 5.98. The normalized spacial score (nSPS) is 19.8. The molecule has 0 spiro atoms. The summed E-state index contributed by atoms with van der Waals surface area (Å²) in [6.07, 6.45) is 3.71. The Labute approximate surface area is 132 Å². The fourth-order valence-corrected chi connectivity index (χ4v) is 4.58. The van der Waals surface area contributed by atoms with Crippen molar-refractivity contribution in [3.63, 3.8) is 0 Å². The fraction of sp³-hybridized carbons (Fsp3) is 0.562. The van der Waals surface area contributed by atoms with Crippen LogP contribution in [0.5, 0.6) is 0 Å². The Morgan fingerprint density at radius 3 is 2.50 bits per heavy atom. The largest absolute Gasteiger partial charge is 0.462 e. The molecule has 1 heterocycles. The van der Waals surface area contributed by atoms with Gasteiger partial charge in [-0.2, -0.15) is 4.31 Å². The van der Waals surface area contributed by atoms with E-state index >= 15 is 0 Å². The Hall–Kier alpha value is -1.40. The van der Waals surface area contributed by atoms with Crippen LogP contribution in [-0.2, 0) is 14.8 Å². The number of rotatable bonds is 5. The van der Waals surface area contributed by atoms with Gasteiger partial charge in [-0.05, 0) is 50.5 Å². The predicted molar refractivity (Wildman–Crippen MR) is 84.2 cm³/mol. The van der Waals surface area contributed by atoms with Crippen LogP contribution in [0.15, 0.2) is 29.2 Å². The van der Waals surface area contributed by atoms with Crippen molar-refractivity contribution in [3.8, 4) is 0 Å². The first-order valence-corrected chi connectivity index (χ1v) is 9.23. The van der Waals surface area contributed by atoms with Crippen molar-refractivity contribution in [2.75, 3.05) is 13.2 Å². The number of carbonyl (C=O) groups is 1. The first kappa shape index (κ1) is 17.0. The van der Waals surface area contributed by atoms with Crippen LogP contribution in [0, 0.1) is 0 Å². The standard InChI is InChI=1S/C16H23NO4S/c1-3-14-7-5-6-12-17(14)22(19,20)15-10-8-13(9-11-15)16(18)21-4-2/h8-11,14H,3-7,12H2,1-2H3. The van der Waals surface area contributed by atoms with Gasteiger partial charge in [-0.1, -0.05) is 13.3 Å². The van der Waals surface area contributed by atoms with E-state index in [4.69, 9.17) is 4.74 Å². The lowest BCUT2D eigenvalue weighted by molar-refractivity contribution is 0.0526. The summed E-state index contributed by atoms with van der Waals surface area (Å²) in [5.74, 6) is -0.434. The molecular formula is C16H23NO4S. The van der Waals surface area contributed by atoms with Gasteiger partial charge in [0.15, 0.2) is 0 Å². The number of ether oxygens (including phenoxy) is 1. The van der Waals surface area contributed by atoms with Crippen molar-refractivity contribution < 1.29 is 17.9 Å².